The van der Waals surface area contributed by atoms with Crippen molar-refractivity contribution in [3.05, 3.63) is 22.4 Å². The first-order valence-corrected chi connectivity index (χ1v) is 10.2. The van der Waals surface area contributed by atoms with E-state index < -0.39 is 5.97 Å². The average molecular weight is 367 g/mol. The van der Waals surface area contributed by atoms with Crippen molar-refractivity contribution < 1.29 is 14.7 Å². The summed E-state index contributed by atoms with van der Waals surface area (Å²) in [6, 6.07) is 3.97. The van der Waals surface area contributed by atoms with Gasteiger partial charge in [-0.2, -0.15) is 0 Å². The lowest BCUT2D eigenvalue weighted by Crippen LogP contribution is -2.45. The molecule has 5 nitrogen and oxygen atoms in total. The molecule has 0 aromatic carbocycles. The normalized spacial score (nSPS) is 20.8. The molecule has 1 saturated heterocycles. The standard InChI is InChI=1S/C19H30N2O3S/c1-3-20(4-2)9-7-16-14-21(10-8-15(16)12-19(23)24)18(22)13-17-6-5-11-25-17/h5-6,11,15-16H,3-4,7-10,12-14H2,1-2H3,(H,23,24)/t15-,16+/m0/s1. The molecule has 1 N–H and O–H groups in total. The highest BCUT2D eigenvalue weighted by molar-refractivity contribution is 7.10. The largest absolute Gasteiger partial charge is 0.481 e. The van der Waals surface area contributed by atoms with Crippen molar-refractivity contribution >= 4 is 23.2 Å². The number of hydrogen-bond acceptors (Lipinski definition) is 4. The molecular weight excluding hydrogens is 336 g/mol. The van der Waals surface area contributed by atoms with Crippen LogP contribution in [0.25, 0.3) is 0 Å². The molecule has 0 radical (unpaired) electrons. The highest BCUT2D eigenvalue weighted by atomic mass is 32.1. The minimum absolute atomic E-state index is 0.170. The summed E-state index contributed by atoms with van der Waals surface area (Å²) in [5, 5.41) is 11.2. The van der Waals surface area contributed by atoms with E-state index in [-0.39, 0.29) is 24.2 Å². The van der Waals surface area contributed by atoms with Gasteiger partial charge in [-0.1, -0.05) is 19.9 Å². The number of thiophene rings is 1. The van der Waals surface area contributed by atoms with Gasteiger partial charge in [0.2, 0.25) is 5.91 Å². The maximum absolute atomic E-state index is 12.6. The molecule has 1 amide bonds. The first kappa shape index (κ1) is 19.9. The second-order valence-corrected chi connectivity index (χ2v) is 7.85. The van der Waals surface area contributed by atoms with Gasteiger partial charge in [-0.15, -0.1) is 11.3 Å². The molecule has 140 valence electrons. The molecule has 0 unspecified atom stereocenters. The van der Waals surface area contributed by atoms with Crippen LogP contribution in [-0.2, 0) is 16.0 Å². The highest BCUT2D eigenvalue weighted by Gasteiger charge is 2.32. The van der Waals surface area contributed by atoms with Crippen molar-refractivity contribution in [3.63, 3.8) is 0 Å². The Bertz CT molecular complexity index is 543. The van der Waals surface area contributed by atoms with Crippen LogP contribution in [0, 0.1) is 11.8 Å². The van der Waals surface area contributed by atoms with E-state index in [1.54, 1.807) is 11.3 Å². The van der Waals surface area contributed by atoms with E-state index in [1.807, 2.05) is 22.4 Å². The number of piperidine rings is 1. The van der Waals surface area contributed by atoms with Gasteiger partial charge >= 0.3 is 5.97 Å². The Morgan fingerprint density at radius 3 is 2.68 bits per heavy atom. The predicted molar refractivity (Wildman–Crippen MR) is 101 cm³/mol. The summed E-state index contributed by atoms with van der Waals surface area (Å²) >= 11 is 1.61. The van der Waals surface area contributed by atoms with Crippen LogP contribution in [0.1, 0.15) is 38.0 Å². The van der Waals surface area contributed by atoms with E-state index in [1.165, 1.54) is 0 Å². The van der Waals surface area contributed by atoms with Gasteiger partial charge in [0.15, 0.2) is 0 Å². The van der Waals surface area contributed by atoms with Crippen molar-refractivity contribution in [1.82, 2.24) is 9.80 Å². The summed E-state index contributed by atoms with van der Waals surface area (Å²) in [4.78, 5) is 29.2. The van der Waals surface area contributed by atoms with E-state index >= 15 is 0 Å². The summed E-state index contributed by atoms with van der Waals surface area (Å²) in [6.45, 7) is 8.67. The van der Waals surface area contributed by atoms with Crippen LogP contribution >= 0.6 is 11.3 Å². The molecule has 0 bridgehead atoms. The molecular formula is C19H30N2O3S. The first-order valence-electron chi connectivity index (χ1n) is 9.27. The number of nitrogens with zero attached hydrogens (tertiary/aromatic N) is 2. The highest BCUT2D eigenvalue weighted by Crippen LogP contribution is 2.30. The number of rotatable bonds is 9. The second kappa shape index (κ2) is 9.92. The van der Waals surface area contributed by atoms with E-state index in [0.29, 0.717) is 19.5 Å². The topological polar surface area (TPSA) is 60.9 Å². The van der Waals surface area contributed by atoms with Gasteiger partial charge < -0.3 is 14.9 Å². The zero-order valence-corrected chi connectivity index (χ0v) is 16.1. The number of likely N-dealkylation sites (tertiary alicyclic amines) is 1. The van der Waals surface area contributed by atoms with Gasteiger partial charge in [-0.05, 0) is 55.8 Å². The summed E-state index contributed by atoms with van der Waals surface area (Å²) < 4.78 is 0. The lowest BCUT2D eigenvalue weighted by molar-refractivity contribution is -0.139. The first-order chi connectivity index (χ1) is 12.0. The summed E-state index contributed by atoms with van der Waals surface area (Å²) in [5.74, 6) is -0.100. The Morgan fingerprint density at radius 2 is 2.08 bits per heavy atom. The molecule has 2 heterocycles. The maximum atomic E-state index is 12.6. The number of hydrogen-bond donors (Lipinski definition) is 1. The number of carbonyl (C=O) groups excluding carboxylic acids is 1. The van der Waals surface area contributed by atoms with Crippen molar-refractivity contribution in [2.45, 2.75) is 39.5 Å². The fraction of sp³-hybridized carbons (Fsp3) is 0.684. The SMILES string of the molecule is CCN(CC)CC[C@@H]1CN(C(=O)Cc2cccs2)CC[C@H]1CC(=O)O. The number of carboxylic acid groups (broad SMARTS) is 1. The predicted octanol–water partition coefficient (Wildman–Crippen LogP) is 2.96. The van der Waals surface area contributed by atoms with Crippen LogP contribution in [0.5, 0.6) is 0 Å². The molecule has 6 heteroatoms. The Labute approximate surface area is 154 Å². The Balaban J connectivity index is 1.96. The third kappa shape index (κ3) is 6.12. The van der Waals surface area contributed by atoms with Crippen LogP contribution in [0.2, 0.25) is 0 Å². The van der Waals surface area contributed by atoms with Crippen molar-refractivity contribution in [2.24, 2.45) is 11.8 Å². The Hall–Kier alpha value is -1.40. The Morgan fingerprint density at radius 1 is 1.32 bits per heavy atom. The van der Waals surface area contributed by atoms with Gasteiger partial charge in [0.05, 0.1) is 6.42 Å². The molecule has 1 aliphatic rings. The molecule has 0 aliphatic carbocycles. The van der Waals surface area contributed by atoms with Gasteiger partial charge in [0.1, 0.15) is 0 Å². The third-order valence-corrected chi connectivity index (χ3v) is 6.17. The summed E-state index contributed by atoms with van der Waals surface area (Å²) in [7, 11) is 0. The van der Waals surface area contributed by atoms with Gasteiger partial charge in [-0.25, -0.2) is 0 Å². The molecule has 0 saturated carbocycles. The Kier molecular flexibility index (Phi) is 7.90. The fourth-order valence-electron chi connectivity index (χ4n) is 3.69. The zero-order chi connectivity index (χ0) is 18.2. The van der Waals surface area contributed by atoms with Crippen LogP contribution in [0.4, 0.5) is 0 Å². The lowest BCUT2D eigenvalue weighted by atomic mass is 9.81. The van der Waals surface area contributed by atoms with Crippen molar-refractivity contribution in [2.75, 3.05) is 32.7 Å². The maximum Gasteiger partial charge on any atom is 0.303 e. The number of amides is 1. The molecule has 0 spiro atoms. The van der Waals surface area contributed by atoms with Gasteiger partial charge in [0.25, 0.3) is 0 Å². The molecule has 25 heavy (non-hydrogen) atoms. The number of aliphatic carboxylic acids is 1. The van der Waals surface area contributed by atoms with Crippen LogP contribution in [0.15, 0.2) is 17.5 Å². The minimum atomic E-state index is -0.726. The summed E-state index contributed by atoms with van der Waals surface area (Å²) in [5.41, 5.74) is 0. The lowest BCUT2D eigenvalue weighted by Gasteiger charge is -2.39. The quantitative estimate of drug-likeness (QED) is 0.730. The minimum Gasteiger partial charge on any atom is -0.481 e. The average Bonchev–Trinajstić information content (AvgIpc) is 3.09. The van der Waals surface area contributed by atoms with E-state index in [9.17, 15) is 14.7 Å². The molecule has 2 atom stereocenters. The van der Waals surface area contributed by atoms with Crippen LogP contribution < -0.4 is 0 Å². The summed E-state index contributed by atoms with van der Waals surface area (Å²) in [6.07, 6.45) is 2.44. The molecule has 1 aromatic rings. The molecule has 1 aromatic heterocycles. The van der Waals surface area contributed by atoms with Crippen LogP contribution in [-0.4, -0.2) is 59.5 Å². The molecule has 1 fully saturated rings. The van der Waals surface area contributed by atoms with Crippen LogP contribution in [0.3, 0.4) is 0 Å². The smallest absolute Gasteiger partial charge is 0.303 e. The van der Waals surface area contributed by atoms with Crippen molar-refractivity contribution in [3.8, 4) is 0 Å². The zero-order valence-electron chi connectivity index (χ0n) is 15.3. The number of carboxylic acids is 1. The second-order valence-electron chi connectivity index (χ2n) is 6.82. The fourth-order valence-corrected chi connectivity index (χ4v) is 4.39. The van der Waals surface area contributed by atoms with Gasteiger partial charge in [0, 0.05) is 24.4 Å². The van der Waals surface area contributed by atoms with E-state index in [4.69, 9.17) is 0 Å². The van der Waals surface area contributed by atoms with Crippen molar-refractivity contribution in [1.29, 1.82) is 0 Å². The van der Waals surface area contributed by atoms with E-state index in [2.05, 4.69) is 18.7 Å². The van der Waals surface area contributed by atoms with Gasteiger partial charge in [-0.3, -0.25) is 9.59 Å². The van der Waals surface area contributed by atoms with E-state index in [0.717, 1.165) is 37.4 Å². The monoisotopic (exact) mass is 366 g/mol. The third-order valence-electron chi connectivity index (χ3n) is 5.30. The molecule has 2 rings (SSSR count). The number of carbonyl (C=O) groups is 2. The molecule has 1 aliphatic heterocycles.